The summed E-state index contributed by atoms with van der Waals surface area (Å²) in [6.45, 7) is 10.5. The predicted octanol–water partition coefficient (Wildman–Crippen LogP) is 16.6. The van der Waals surface area contributed by atoms with Gasteiger partial charge in [-0.15, -0.1) is 69.1 Å². The summed E-state index contributed by atoms with van der Waals surface area (Å²) in [4.78, 5) is 0. The van der Waals surface area contributed by atoms with Crippen molar-refractivity contribution >= 4 is 48.1 Å². The number of benzene rings is 4. The van der Waals surface area contributed by atoms with E-state index in [0.29, 0.717) is 9.52 Å². The molecule has 2 aliphatic rings. The van der Waals surface area contributed by atoms with Crippen molar-refractivity contribution in [3.63, 3.8) is 0 Å². The molecule has 0 bridgehead atoms. The first-order chi connectivity index (χ1) is 27.3. The number of fused-ring (bicyclic) bond motifs is 2. The van der Waals surface area contributed by atoms with E-state index >= 15 is 0 Å². The van der Waals surface area contributed by atoms with Gasteiger partial charge in [0.15, 0.2) is 0 Å². The molecule has 0 unspecified atom stereocenters. The number of rotatable bonds is 8. The molecule has 57 heavy (non-hydrogen) atoms. The minimum atomic E-state index is -3.94. The third-order valence-electron chi connectivity index (χ3n) is 11.3. The maximum atomic E-state index is 11.2. The SMILES string of the molecule is C[Si]CCC(F)(F)F.Cc1cc(C)cc(-c2cccc3[cH-]c(CC4CCCC4)cc23)c1.Cc1cc(C)cc(-c2cccc3[cH-]c(CC4CCCC4)cc23)c1.[Cl][Zr+2][Cl]. The summed E-state index contributed by atoms with van der Waals surface area (Å²) >= 11 is -0.826. The van der Waals surface area contributed by atoms with Crippen LogP contribution < -0.4 is 0 Å². The number of halogens is 5. The number of alkyl halides is 3. The van der Waals surface area contributed by atoms with Crippen molar-refractivity contribution in [2.24, 2.45) is 11.8 Å². The Hall–Kier alpha value is -2.43. The van der Waals surface area contributed by atoms with Crippen LogP contribution in [0.1, 0.15) is 91.2 Å². The van der Waals surface area contributed by atoms with E-state index in [2.05, 4.69) is 125 Å². The Morgan fingerprint density at radius 1 is 0.614 bits per heavy atom. The van der Waals surface area contributed by atoms with Gasteiger partial charge in [0.1, 0.15) is 0 Å². The van der Waals surface area contributed by atoms with Gasteiger partial charge in [-0.2, -0.15) is 25.3 Å². The van der Waals surface area contributed by atoms with Gasteiger partial charge in [0.2, 0.25) is 0 Å². The van der Waals surface area contributed by atoms with Crippen LogP contribution in [0.25, 0.3) is 43.8 Å². The van der Waals surface area contributed by atoms with E-state index in [1.165, 1.54) is 141 Å². The molecule has 0 spiro atoms. The second-order valence-corrected chi connectivity index (χ2v) is 21.3. The zero-order valence-electron chi connectivity index (χ0n) is 34.3. The van der Waals surface area contributed by atoms with Gasteiger partial charge in [0, 0.05) is 15.9 Å². The van der Waals surface area contributed by atoms with Crippen molar-refractivity contribution in [1.29, 1.82) is 0 Å². The molecule has 8 rings (SSSR count). The van der Waals surface area contributed by atoms with E-state index < -0.39 is 33.4 Å². The molecule has 0 N–H and O–H groups in total. The Morgan fingerprint density at radius 2 is 0.982 bits per heavy atom. The van der Waals surface area contributed by atoms with Crippen LogP contribution in [-0.4, -0.2) is 15.7 Å². The normalized spacial score (nSPS) is 14.4. The molecule has 0 saturated heterocycles. The molecule has 0 heterocycles. The van der Waals surface area contributed by atoms with E-state index in [1.54, 1.807) is 6.55 Å². The van der Waals surface area contributed by atoms with Crippen LogP contribution in [-0.2, 0) is 33.7 Å². The van der Waals surface area contributed by atoms with E-state index in [-0.39, 0.29) is 6.04 Å². The molecule has 2 fully saturated rings. The molecule has 0 aliphatic heterocycles. The molecule has 300 valence electrons. The van der Waals surface area contributed by atoms with Gasteiger partial charge in [-0.25, -0.2) is 0 Å². The summed E-state index contributed by atoms with van der Waals surface area (Å²) in [5.74, 6) is 1.83. The third kappa shape index (κ3) is 14.1. The summed E-state index contributed by atoms with van der Waals surface area (Å²) in [7, 11) is 10.3. The van der Waals surface area contributed by atoms with Crippen molar-refractivity contribution in [2.45, 2.75) is 117 Å². The molecule has 2 radical (unpaired) electrons. The minimum absolute atomic E-state index is 0.281. The fourth-order valence-electron chi connectivity index (χ4n) is 8.96. The van der Waals surface area contributed by atoms with E-state index in [4.69, 9.17) is 17.0 Å². The van der Waals surface area contributed by atoms with Crippen LogP contribution >= 0.6 is 17.0 Å². The summed E-state index contributed by atoms with van der Waals surface area (Å²) in [5.41, 5.74) is 13.9. The average Bonchev–Trinajstić information content (AvgIpc) is 3.99. The van der Waals surface area contributed by atoms with Gasteiger partial charge in [-0.3, -0.25) is 0 Å². The van der Waals surface area contributed by atoms with Gasteiger partial charge >= 0.3 is 44.1 Å². The summed E-state index contributed by atoms with van der Waals surface area (Å²) < 4.78 is 33.7. The fourth-order valence-corrected chi connectivity index (χ4v) is 9.49. The van der Waals surface area contributed by atoms with Gasteiger partial charge in [0.05, 0.1) is 0 Å². The number of hydrogen-bond donors (Lipinski definition) is 0. The van der Waals surface area contributed by atoms with E-state index in [0.717, 1.165) is 11.8 Å². The summed E-state index contributed by atoms with van der Waals surface area (Å²) in [6, 6.07) is 37.2. The zero-order chi connectivity index (χ0) is 41.0. The van der Waals surface area contributed by atoms with Crippen LogP contribution in [0.3, 0.4) is 0 Å². The Labute approximate surface area is 361 Å². The van der Waals surface area contributed by atoms with E-state index in [9.17, 15) is 13.2 Å². The quantitative estimate of drug-likeness (QED) is 0.105. The monoisotopic (exact) mass is 902 g/mol. The molecular formula is C50H57Cl2F3SiZr. The average molecular weight is 905 g/mol. The zero-order valence-corrected chi connectivity index (χ0v) is 39.2. The third-order valence-corrected chi connectivity index (χ3v) is 12.1. The van der Waals surface area contributed by atoms with Gasteiger partial charge in [-0.1, -0.05) is 146 Å². The molecule has 0 atom stereocenters. The molecular weight excluding hydrogens is 848 g/mol. The first-order valence-electron chi connectivity index (χ1n) is 20.6. The molecule has 2 aliphatic carbocycles. The Morgan fingerprint density at radius 3 is 1.30 bits per heavy atom. The second-order valence-electron chi connectivity index (χ2n) is 16.3. The van der Waals surface area contributed by atoms with Crippen molar-refractivity contribution in [3.8, 4) is 22.3 Å². The molecule has 6 aromatic rings. The van der Waals surface area contributed by atoms with Crippen molar-refractivity contribution < 1.29 is 34.0 Å². The van der Waals surface area contributed by atoms with Crippen LogP contribution in [0.2, 0.25) is 12.6 Å². The number of hydrogen-bond acceptors (Lipinski definition) is 0. The molecule has 0 amide bonds. The van der Waals surface area contributed by atoms with Crippen LogP contribution in [0.15, 0.2) is 97.1 Å². The van der Waals surface area contributed by atoms with Gasteiger partial charge < -0.3 is 0 Å². The molecule has 6 aromatic carbocycles. The molecule has 2 saturated carbocycles. The van der Waals surface area contributed by atoms with Gasteiger partial charge in [-0.05, 0) is 63.5 Å². The maximum absolute atomic E-state index is 11.2. The summed E-state index contributed by atoms with van der Waals surface area (Å²) in [6.07, 6.45) is 9.37. The molecule has 7 heteroatoms. The van der Waals surface area contributed by atoms with Crippen LogP contribution in [0.5, 0.6) is 0 Å². The topological polar surface area (TPSA) is 0 Å². The predicted molar refractivity (Wildman–Crippen MR) is 239 cm³/mol. The standard InChI is InChI=1S/2C23H25.C4H7F3Si.2ClH.Zr/c2*1-16-10-17(2)12-21(11-16)22-9-5-8-20-14-19(15-23(20)22)13-18-6-3-4-7-18;1-8-3-2-4(5,6)7;;;/h2*5,8-12,14-15,18H,3-4,6-7,13H2,1-2H3;2-3H2,1H3;2*1H;/q2*-1;;;;+4/p-2. The van der Waals surface area contributed by atoms with Crippen LogP contribution in [0, 0.1) is 39.5 Å². The van der Waals surface area contributed by atoms with Crippen molar-refractivity contribution in [3.05, 3.63) is 130 Å². The Kier molecular flexibility index (Phi) is 17.8. The molecule has 0 nitrogen and oxygen atoms in total. The molecule has 0 aromatic heterocycles. The fraction of sp³-hybridized carbons (Fsp3) is 0.400. The summed E-state index contributed by atoms with van der Waals surface area (Å²) in [5, 5.41) is 5.64. The van der Waals surface area contributed by atoms with Gasteiger partial charge in [0.25, 0.3) is 0 Å². The van der Waals surface area contributed by atoms with Crippen molar-refractivity contribution in [1.82, 2.24) is 0 Å². The van der Waals surface area contributed by atoms with E-state index in [1.807, 2.05) is 0 Å². The second kappa shape index (κ2) is 22.3. The Bertz CT molecular complexity index is 1970. The first-order valence-corrected chi connectivity index (χ1v) is 28.6. The van der Waals surface area contributed by atoms with Crippen LogP contribution in [0.4, 0.5) is 13.2 Å². The van der Waals surface area contributed by atoms with Crippen molar-refractivity contribution in [2.75, 3.05) is 0 Å². The number of aryl methyl sites for hydroxylation is 4. The Balaban J connectivity index is 0.000000174. The first kappa shape index (κ1) is 45.7.